The first-order valence-corrected chi connectivity index (χ1v) is 8.30. The van der Waals surface area contributed by atoms with Crippen LogP contribution >= 0.6 is 11.3 Å². The number of rotatable bonds is 7. The van der Waals surface area contributed by atoms with E-state index in [4.69, 9.17) is 16.9 Å². The maximum Gasteiger partial charge on any atom is 0.234 e. The van der Waals surface area contributed by atoms with Gasteiger partial charge in [0.1, 0.15) is 11.8 Å². The van der Waals surface area contributed by atoms with Gasteiger partial charge in [0.05, 0.1) is 11.7 Å². The Morgan fingerprint density at radius 1 is 1.61 bits per heavy atom. The Hall–Kier alpha value is -2.13. The maximum atomic E-state index is 11.8. The highest BCUT2D eigenvalue weighted by Crippen LogP contribution is 2.25. The second-order valence-electron chi connectivity index (χ2n) is 5.20. The Morgan fingerprint density at radius 2 is 2.43 bits per heavy atom. The first-order chi connectivity index (χ1) is 11.1. The number of carbonyl (C=O) groups is 1. The van der Waals surface area contributed by atoms with Crippen molar-refractivity contribution < 1.29 is 4.79 Å². The number of nitrogens with one attached hydrogen (secondary N) is 2. The van der Waals surface area contributed by atoms with Crippen LogP contribution in [0.2, 0.25) is 0 Å². The van der Waals surface area contributed by atoms with Crippen molar-refractivity contribution in [3.05, 3.63) is 11.1 Å². The van der Waals surface area contributed by atoms with E-state index in [9.17, 15) is 4.79 Å². The van der Waals surface area contributed by atoms with Gasteiger partial charge in [-0.2, -0.15) is 0 Å². The molecule has 1 saturated heterocycles. The zero-order valence-corrected chi connectivity index (χ0v) is 13.6. The minimum Gasteiger partial charge on any atom is -0.386 e. The molecule has 8 nitrogen and oxygen atoms in total. The predicted octanol–water partition coefficient (Wildman–Crippen LogP) is 0.563. The summed E-state index contributed by atoms with van der Waals surface area (Å²) in [7, 11) is 0. The molecule has 0 radical (unpaired) electrons. The summed E-state index contributed by atoms with van der Waals surface area (Å²) in [6.07, 6.45) is 5.24. The van der Waals surface area contributed by atoms with E-state index in [1.54, 1.807) is 11.6 Å². The zero-order valence-electron chi connectivity index (χ0n) is 12.7. The molecule has 2 unspecified atom stereocenters. The van der Waals surface area contributed by atoms with Gasteiger partial charge in [-0.15, -0.1) is 11.3 Å². The molecular weight excluding hydrogens is 314 g/mol. The lowest BCUT2D eigenvalue weighted by Gasteiger charge is -2.21. The van der Waals surface area contributed by atoms with E-state index in [2.05, 4.69) is 20.3 Å². The van der Waals surface area contributed by atoms with E-state index in [0.29, 0.717) is 17.2 Å². The topological polar surface area (TPSA) is 143 Å². The Kier molecular flexibility index (Phi) is 6.36. The smallest absolute Gasteiger partial charge is 0.234 e. The van der Waals surface area contributed by atoms with E-state index in [0.717, 1.165) is 25.9 Å². The molecule has 1 amide bonds. The standard InChI is InChI=1S/C14H21N7OS/c15-4-2-6-19-14-21-10(8-23-14)11(13(17)22)12(16)20-9-3-1-5-18-7-9/h4,6,8-9,11,15,18H,1-3,5,7H2,(H2,16,20)(H2,17,22). The number of hydrogen-bond acceptors (Lipinski definition) is 7. The van der Waals surface area contributed by atoms with Crippen molar-refractivity contribution in [2.24, 2.45) is 21.5 Å². The molecular formula is C14H21N7OS. The van der Waals surface area contributed by atoms with Crippen molar-refractivity contribution in [1.82, 2.24) is 10.3 Å². The van der Waals surface area contributed by atoms with Crippen LogP contribution in [0.25, 0.3) is 0 Å². The summed E-state index contributed by atoms with van der Waals surface area (Å²) in [5, 5.41) is 12.4. The van der Waals surface area contributed by atoms with E-state index in [-0.39, 0.29) is 11.9 Å². The number of amides is 1. The number of thiazole rings is 1. The SMILES string of the molecule is N=CCC=Nc1nc(C(C(N)=O)C(N)=NC2CCCNC2)cs1. The molecule has 1 aromatic heterocycles. The van der Waals surface area contributed by atoms with Gasteiger partial charge in [-0.25, -0.2) is 9.98 Å². The summed E-state index contributed by atoms with van der Waals surface area (Å²) in [6, 6.07) is 0.0642. The van der Waals surface area contributed by atoms with Gasteiger partial charge in [-0.3, -0.25) is 9.79 Å². The van der Waals surface area contributed by atoms with Gasteiger partial charge in [0.2, 0.25) is 11.0 Å². The van der Waals surface area contributed by atoms with Crippen molar-refractivity contribution >= 4 is 40.6 Å². The first-order valence-electron chi connectivity index (χ1n) is 7.42. The minimum atomic E-state index is -0.833. The third kappa shape index (κ3) is 4.93. The Morgan fingerprint density at radius 3 is 3.09 bits per heavy atom. The molecule has 0 spiro atoms. The second-order valence-corrected chi connectivity index (χ2v) is 6.03. The highest BCUT2D eigenvalue weighted by molar-refractivity contribution is 7.13. The summed E-state index contributed by atoms with van der Waals surface area (Å²) in [5.41, 5.74) is 12.0. The molecule has 1 aromatic rings. The predicted molar refractivity (Wildman–Crippen MR) is 93.1 cm³/mol. The van der Waals surface area contributed by atoms with Gasteiger partial charge >= 0.3 is 0 Å². The minimum absolute atomic E-state index is 0.0642. The van der Waals surface area contributed by atoms with Crippen LogP contribution in [0.5, 0.6) is 0 Å². The molecule has 0 bridgehead atoms. The van der Waals surface area contributed by atoms with Crippen LogP contribution in [0.15, 0.2) is 15.4 Å². The van der Waals surface area contributed by atoms with Crippen LogP contribution in [-0.2, 0) is 4.79 Å². The second kappa shape index (κ2) is 8.49. The molecule has 124 valence electrons. The van der Waals surface area contributed by atoms with Crippen LogP contribution in [0.1, 0.15) is 30.9 Å². The van der Waals surface area contributed by atoms with Crippen LogP contribution in [-0.4, -0.2) is 48.3 Å². The zero-order chi connectivity index (χ0) is 16.7. The van der Waals surface area contributed by atoms with Gasteiger partial charge in [-0.05, 0) is 19.4 Å². The van der Waals surface area contributed by atoms with Crippen molar-refractivity contribution in [3.63, 3.8) is 0 Å². The van der Waals surface area contributed by atoms with Crippen LogP contribution in [0.3, 0.4) is 0 Å². The molecule has 1 fully saturated rings. The average molecular weight is 335 g/mol. The van der Waals surface area contributed by atoms with Crippen molar-refractivity contribution in [2.75, 3.05) is 13.1 Å². The summed E-state index contributed by atoms with van der Waals surface area (Å²) in [6.45, 7) is 1.73. The molecule has 2 atom stereocenters. The summed E-state index contributed by atoms with van der Waals surface area (Å²) in [5.74, 6) is -1.21. The molecule has 0 saturated carbocycles. The third-order valence-electron chi connectivity index (χ3n) is 3.41. The van der Waals surface area contributed by atoms with Crippen molar-refractivity contribution in [1.29, 1.82) is 5.41 Å². The average Bonchev–Trinajstić information content (AvgIpc) is 2.96. The van der Waals surface area contributed by atoms with Crippen LogP contribution < -0.4 is 16.8 Å². The fourth-order valence-electron chi connectivity index (χ4n) is 2.32. The van der Waals surface area contributed by atoms with E-state index >= 15 is 0 Å². The molecule has 1 aliphatic heterocycles. The number of hydrogen-bond donors (Lipinski definition) is 4. The molecule has 1 aliphatic rings. The van der Waals surface area contributed by atoms with Crippen molar-refractivity contribution in [2.45, 2.75) is 31.2 Å². The fourth-order valence-corrected chi connectivity index (χ4v) is 3.03. The normalized spacial score (nSPS) is 20.5. The van der Waals surface area contributed by atoms with E-state index in [1.165, 1.54) is 17.6 Å². The quantitative estimate of drug-likeness (QED) is 0.426. The molecule has 23 heavy (non-hydrogen) atoms. The number of amidine groups is 1. The van der Waals surface area contributed by atoms with Gasteiger partial charge in [0.15, 0.2) is 0 Å². The molecule has 2 heterocycles. The maximum absolute atomic E-state index is 11.8. The summed E-state index contributed by atoms with van der Waals surface area (Å²) >= 11 is 1.29. The molecule has 2 rings (SSSR count). The number of aromatic nitrogens is 1. The lowest BCUT2D eigenvalue weighted by atomic mass is 10.0. The lowest BCUT2D eigenvalue weighted by molar-refractivity contribution is -0.118. The largest absolute Gasteiger partial charge is 0.386 e. The highest BCUT2D eigenvalue weighted by atomic mass is 32.1. The van der Waals surface area contributed by atoms with Crippen LogP contribution in [0, 0.1) is 5.41 Å². The van der Waals surface area contributed by atoms with Crippen molar-refractivity contribution in [3.8, 4) is 0 Å². The molecule has 6 N–H and O–H groups in total. The Labute approximate surface area is 138 Å². The van der Waals surface area contributed by atoms with E-state index in [1.807, 2.05) is 0 Å². The number of nitrogens with two attached hydrogens (primary N) is 2. The van der Waals surface area contributed by atoms with E-state index < -0.39 is 11.8 Å². The van der Waals surface area contributed by atoms with Gasteiger partial charge < -0.3 is 22.2 Å². The monoisotopic (exact) mass is 335 g/mol. The lowest BCUT2D eigenvalue weighted by Crippen LogP contribution is -2.38. The van der Waals surface area contributed by atoms with Gasteiger partial charge in [-0.1, -0.05) is 0 Å². The molecule has 9 heteroatoms. The number of piperidine rings is 1. The Bertz CT molecular complexity index is 604. The first kappa shape index (κ1) is 17.2. The number of nitrogens with zero attached hydrogens (tertiary/aromatic N) is 3. The molecule has 0 aromatic carbocycles. The van der Waals surface area contributed by atoms with Crippen LogP contribution in [0.4, 0.5) is 5.13 Å². The van der Waals surface area contributed by atoms with Gasteiger partial charge in [0, 0.05) is 30.8 Å². The highest BCUT2D eigenvalue weighted by Gasteiger charge is 2.26. The summed E-state index contributed by atoms with van der Waals surface area (Å²) < 4.78 is 0. The molecule has 0 aliphatic carbocycles. The van der Waals surface area contributed by atoms with Gasteiger partial charge in [0.25, 0.3) is 0 Å². The number of primary amides is 1. The number of carbonyl (C=O) groups excluding carboxylic acids is 1. The third-order valence-corrected chi connectivity index (χ3v) is 4.18. The summed E-state index contributed by atoms with van der Waals surface area (Å²) in [4.78, 5) is 24.6. The number of aliphatic imine (C=N–C) groups is 2. The Balaban J connectivity index is 2.15. The fraction of sp³-hybridized carbons (Fsp3) is 0.500.